The lowest BCUT2D eigenvalue weighted by Crippen LogP contribution is -2.48. The molecule has 3 nitrogen and oxygen atoms in total. The molecule has 4 heteroatoms. The monoisotopic (exact) mass is 293 g/mol. The second-order valence-corrected chi connectivity index (χ2v) is 6.40. The molecule has 2 fully saturated rings. The van der Waals surface area contributed by atoms with Gasteiger partial charge in [0.15, 0.2) is 0 Å². The van der Waals surface area contributed by atoms with Gasteiger partial charge < -0.3 is 10.2 Å². The molecule has 110 valence electrons. The molecule has 0 atom stereocenters. The number of nitrogens with zero attached hydrogens (tertiary/aromatic N) is 2. The topological polar surface area (TPSA) is 18.5 Å². The SMILES string of the molecule is Clc1ccccc1NCCN1CCN(CC2CC2)CC1. The van der Waals surface area contributed by atoms with E-state index in [4.69, 9.17) is 11.6 Å². The Hall–Kier alpha value is -0.770. The van der Waals surface area contributed by atoms with Crippen molar-refractivity contribution in [3.8, 4) is 0 Å². The van der Waals surface area contributed by atoms with Crippen molar-refractivity contribution >= 4 is 17.3 Å². The van der Waals surface area contributed by atoms with Crippen LogP contribution in [-0.4, -0.2) is 55.6 Å². The third kappa shape index (κ3) is 4.11. The van der Waals surface area contributed by atoms with Crippen molar-refractivity contribution in [2.75, 3.05) is 51.1 Å². The van der Waals surface area contributed by atoms with Crippen LogP contribution < -0.4 is 5.32 Å². The fourth-order valence-corrected chi connectivity index (χ4v) is 3.02. The number of piperazine rings is 1. The first kappa shape index (κ1) is 14.2. The summed E-state index contributed by atoms with van der Waals surface area (Å²) in [5.74, 6) is 1.02. The van der Waals surface area contributed by atoms with Crippen LogP contribution >= 0.6 is 11.6 Å². The Bertz CT molecular complexity index is 425. The van der Waals surface area contributed by atoms with Gasteiger partial charge in [-0.05, 0) is 30.9 Å². The Labute approximate surface area is 126 Å². The number of nitrogens with one attached hydrogen (secondary N) is 1. The highest BCUT2D eigenvalue weighted by atomic mass is 35.5. The van der Waals surface area contributed by atoms with E-state index in [1.54, 1.807) is 0 Å². The standard InChI is InChI=1S/C16H24ClN3/c17-15-3-1-2-4-16(15)18-7-8-19-9-11-20(12-10-19)13-14-5-6-14/h1-4,14,18H,5-13H2. The highest BCUT2D eigenvalue weighted by Gasteiger charge is 2.26. The summed E-state index contributed by atoms with van der Waals surface area (Å²) in [5.41, 5.74) is 1.04. The Balaban J connectivity index is 1.34. The molecular formula is C16H24ClN3. The summed E-state index contributed by atoms with van der Waals surface area (Å²) >= 11 is 6.14. The highest BCUT2D eigenvalue weighted by Crippen LogP contribution is 2.29. The molecule has 1 saturated carbocycles. The molecule has 20 heavy (non-hydrogen) atoms. The van der Waals surface area contributed by atoms with E-state index in [-0.39, 0.29) is 0 Å². The van der Waals surface area contributed by atoms with Gasteiger partial charge >= 0.3 is 0 Å². The van der Waals surface area contributed by atoms with Gasteiger partial charge in [-0.25, -0.2) is 0 Å². The average Bonchev–Trinajstić information content (AvgIpc) is 3.27. The minimum atomic E-state index is 0.807. The summed E-state index contributed by atoms with van der Waals surface area (Å²) in [6, 6.07) is 7.95. The number of halogens is 1. The van der Waals surface area contributed by atoms with Crippen molar-refractivity contribution in [1.29, 1.82) is 0 Å². The Morgan fingerprint density at radius 3 is 2.45 bits per heavy atom. The summed E-state index contributed by atoms with van der Waals surface area (Å²) in [6.07, 6.45) is 2.92. The maximum Gasteiger partial charge on any atom is 0.0637 e. The summed E-state index contributed by atoms with van der Waals surface area (Å²) < 4.78 is 0. The van der Waals surface area contributed by atoms with Gasteiger partial charge in [0.05, 0.1) is 10.7 Å². The molecule has 1 aliphatic heterocycles. The summed E-state index contributed by atoms with van der Waals surface area (Å²) in [7, 11) is 0. The maximum atomic E-state index is 6.14. The van der Waals surface area contributed by atoms with Crippen LogP contribution in [-0.2, 0) is 0 Å². The van der Waals surface area contributed by atoms with Crippen molar-refractivity contribution in [2.24, 2.45) is 5.92 Å². The van der Waals surface area contributed by atoms with Gasteiger partial charge in [-0.15, -0.1) is 0 Å². The van der Waals surface area contributed by atoms with Gasteiger partial charge in [0.1, 0.15) is 0 Å². The second kappa shape index (κ2) is 6.79. The van der Waals surface area contributed by atoms with Gasteiger partial charge in [-0.1, -0.05) is 23.7 Å². The van der Waals surface area contributed by atoms with E-state index in [0.29, 0.717) is 0 Å². The van der Waals surface area contributed by atoms with Gasteiger partial charge in [-0.2, -0.15) is 0 Å². The van der Waals surface area contributed by atoms with E-state index in [0.717, 1.165) is 29.7 Å². The highest BCUT2D eigenvalue weighted by molar-refractivity contribution is 6.33. The molecule has 3 rings (SSSR count). The lowest BCUT2D eigenvalue weighted by atomic mass is 10.2. The normalized spacial score (nSPS) is 21.1. The molecule has 1 aromatic carbocycles. The van der Waals surface area contributed by atoms with Gasteiger partial charge in [0, 0.05) is 45.8 Å². The molecule has 1 aromatic rings. The fourth-order valence-electron chi connectivity index (χ4n) is 2.81. The number of hydrogen-bond acceptors (Lipinski definition) is 3. The van der Waals surface area contributed by atoms with Crippen molar-refractivity contribution in [2.45, 2.75) is 12.8 Å². The third-order valence-electron chi connectivity index (χ3n) is 4.30. The molecule has 0 aromatic heterocycles. The maximum absolute atomic E-state index is 6.14. The zero-order valence-electron chi connectivity index (χ0n) is 12.0. The van der Waals surface area contributed by atoms with Crippen LogP contribution in [0, 0.1) is 5.92 Å². The molecule has 1 heterocycles. The minimum Gasteiger partial charge on any atom is -0.383 e. The van der Waals surface area contributed by atoms with Crippen LogP contribution in [0.5, 0.6) is 0 Å². The smallest absolute Gasteiger partial charge is 0.0637 e. The molecule has 0 spiro atoms. The lowest BCUT2D eigenvalue weighted by Gasteiger charge is -2.34. The number of para-hydroxylation sites is 1. The van der Waals surface area contributed by atoms with Crippen molar-refractivity contribution in [1.82, 2.24) is 9.80 Å². The molecule has 1 aliphatic carbocycles. The predicted molar refractivity (Wildman–Crippen MR) is 85.5 cm³/mol. The quantitative estimate of drug-likeness (QED) is 0.870. The Kier molecular flexibility index (Phi) is 4.81. The zero-order valence-corrected chi connectivity index (χ0v) is 12.8. The lowest BCUT2D eigenvalue weighted by molar-refractivity contribution is 0.132. The van der Waals surface area contributed by atoms with E-state index in [1.165, 1.54) is 45.6 Å². The second-order valence-electron chi connectivity index (χ2n) is 5.99. The third-order valence-corrected chi connectivity index (χ3v) is 4.63. The molecular weight excluding hydrogens is 270 g/mol. The van der Waals surface area contributed by atoms with E-state index in [1.807, 2.05) is 24.3 Å². The van der Waals surface area contributed by atoms with Crippen LogP contribution in [0.15, 0.2) is 24.3 Å². The zero-order chi connectivity index (χ0) is 13.8. The molecule has 0 bridgehead atoms. The van der Waals surface area contributed by atoms with E-state index in [9.17, 15) is 0 Å². The first-order valence-electron chi connectivity index (χ1n) is 7.74. The van der Waals surface area contributed by atoms with E-state index in [2.05, 4.69) is 15.1 Å². The van der Waals surface area contributed by atoms with Crippen LogP contribution in [0.3, 0.4) is 0 Å². The van der Waals surface area contributed by atoms with E-state index < -0.39 is 0 Å². The average molecular weight is 294 g/mol. The number of hydrogen-bond donors (Lipinski definition) is 1. The summed E-state index contributed by atoms with van der Waals surface area (Å²) in [4.78, 5) is 5.18. The van der Waals surface area contributed by atoms with Crippen molar-refractivity contribution < 1.29 is 0 Å². The predicted octanol–water partition coefficient (Wildman–Crippen LogP) is 2.78. The molecule has 0 amide bonds. The largest absolute Gasteiger partial charge is 0.383 e. The van der Waals surface area contributed by atoms with Gasteiger partial charge in [-0.3, -0.25) is 4.90 Å². The van der Waals surface area contributed by atoms with E-state index >= 15 is 0 Å². The van der Waals surface area contributed by atoms with Gasteiger partial charge in [0.2, 0.25) is 0 Å². The molecule has 0 radical (unpaired) electrons. The summed E-state index contributed by atoms with van der Waals surface area (Å²) in [6.45, 7) is 8.29. The Morgan fingerprint density at radius 2 is 1.75 bits per heavy atom. The van der Waals surface area contributed by atoms with Crippen LogP contribution in [0.4, 0.5) is 5.69 Å². The van der Waals surface area contributed by atoms with Crippen molar-refractivity contribution in [3.05, 3.63) is 29.3 Å². The number of rotatable bonds is 6. The van der Waals surface area contributed by atoms with Crippen molar-refractivity contribution in [3.63, 3.8) is 0 Å². The van der Waals surface area contributed by atoms with Crippen LogP contribution in [0.25, 0.3) is 0 Å². The first-order chi connectivity index (χ1) is 9.81. The summed E-state index contributed by atoms with van der Waals surface area (Å²) in [5, 5.41) is 4.23. The number of anilines is 1. The molecule has 1 N–H and O–H groups in total. The molecule has 1 saturated heterocycles. The minimum absolute atomic E-state index is 0.807. The van der Waals surface area contributed by atoms with Gasteiger partial charge in [0.25, 0.3) is 0 Å². The van der Waals surface area contributed by atoms with Crippen LogP contribution in [0.2, 0.25) is 5.02 Å². The molecule has 2 aliphatic rings. The fraction of sp³-hybridized carbons (Fsp3) is 0.625. The Morgan fingerprint density at radius 1 is 1.05 bits per heavy atom. The van der Waals surface area contributed by atoms with Crippen LogP contribution in [0.1, 0.15) is 12.8 Å². The first-order valence-corrected chi connectivity index (χ1v) is 8.12. The molecule has 0 unspecified atom stereocenters. The number of benzene rings is 1.